The normalized spacial score (nSPS) is 10.0. The zero-order valence-corrected chi connectivity index (χ0v) is 9.65. The monoisotopic (exact) mass is 231 g/mol. The molecule has 0 saturated carbocycles. The van der Waals surface area contributed by atoms with Crippen molar-refractivity contribution >= 4 is 30.2 Å². The number of hydrogen-bond donors (Lipinski definition) is 1. The van der Waals surface area contributed by atoms with Gasteiger partial charge in [0.25, 0.3) is 0 Å². The molecular formula is C14H14ClN. The maximum Gasteiger partial charge on any atom is 0.0314 e. The fourth-order valence-electron chi connectivity index (χ4n) is 1.36. The van der Waals surface area contributed by atoms with Crippen LogP contribution in [0.15, 0.2) is 54.6 Å². The number of anilines is 1. The predicted molar refractivity (Wildman–Crippen MR) is 73.5 cm³/mol. The summed E-state index contributed by atoms with van der Waals surface area (Å²) in [5, 5.41) is 0. The molecule has 2 heteroatoms. The van der Waals surface area contributed by atoms with Crippen molar-refractivity contribution in [3.63, 3.8) is 0 Å². The van der Waals surface area contributed by atoms with Crippen molar-refractivity contribution < 1.29 is 0 Å². The molecule has 0 aromatic heterocycles. The zero-order valence-electron chi connectivity index (χ0n) is 8.84. The van der Waals surface area contributed by atoms with Gasteiger partial charge in [0, 0.05) is 5.69 Å². The lowest BCUT2D eigenvalue weighted by atomic mass is 10.1. The lowest BCUT2D eigenvalue weighted by Gasteiger charge is -1.95. The smallest absolute Gasteiger partial charge is 0.0314 e. The van der Waals surface area contributed by atoms with Crippen molar-refractivity contribution in [2.45, 2.75) is 0 Å². The van der Waals surface area contributed by atoms with Crippen LogP contribution in [0.5, 0.6) is 0 Å². The second kappa shape index (κ2) is 5.99. The van der Waals surface area contributed by atoms with Gasteiger partial charge in [0.2, 0.25) is 0 Å². The summed E-state index contributed by atoms with van der Waals surface area (Å²) in [4.78, 5) is 0. The van der Waals surface area contributed by atoms with Crippen molar-refractivity contribution in [3.8, 4) is 0 Å². The van der Waals surface area contributed by atoms with E-state index in [-0.39, 0.29) is 12.4 Å². The molecule has 0 aliphatic heterocycles. The van der Waals surface area contributed by atoms with E-state index in [1.165, 1.54) is 5.56 Å². The number of nitrogen functional groups attached to an aromatic ring is 1. The Morgan fingerprint density at radius 3 is 1.75 bits per heavy atom. The SMILES string of the molecule is Cl.Nc1ccc(C=Cc2ccccc2)cc1. The Morgan fingerprint density at radius 2 is 1.19 bits per heavy atom. The van der Waals surface area contributed by atoms with E-state index in [0.29, 0.717) is 0 Å². The molecule has 0 amide bonds. The fraction of sp³-hybridized carbons (Fsp3) is 0. The molecule has 0 atom stereocenters. The second-order valence-corrected chi connectivity index (χ2v) is 3.41. The number of nitrogens with two attached hydrogens (primary N) is 1. The molecule has 0 fully saturated rings. The highest BCUT2D eigenvalue weighted by atomic mass is 35.5. The number of rotatable bonds is 2. The average Bonchev–Trinajstić information content (AvgIpc) is 2.30. The molecule has 2 aromatic carbocycles. The van der Waals surface area contributed by atoms with Crippen LogP contribution in [0.2, 0.25) is 0 Å². The molecule has 0 saturated heterocycles. The molecule has 0 heterocycles. The summed E-state index contributed by atoms with van der Waals surface area (Å²) in [6.07, 6.45) is 4.17. The zero-order chi connectivity index (χ0) is 10.5. The first-order valence-corrected chi connectivity index (χ1v) is 4.93. The highest BCUT2D eigenvalue weighted by Gasteiger charge is 1.87. The van der Waals surface area contributed by atoms with Gasteiger partial charge in [-0.05, 0) is 23.3 Å². The van der Waals surface area contributed by atoms with Crippen LogP contribution in [0.25, 0.3) is 12.2 Å². The van der Waals surface area contributed by atoms with Gasteiger partial charge in [0.15, 0.2) is 0 Å². The first-order chi connectivity index (χ1) is 7.34. The first kappa shape index (κ1) is 12.3. The molecule has 0 aliphatic rings. The Bertz CT molecular complexity index is 446. The average molecular weight is 232 g/mol. The Kier molecular flexibility index (Phi) is 4.62. The third kappa shape index (κ3) is 3.44. The molecule has 0 bridgehead atoms. The minimum absolute atomic E-state index is 0. The lowest BCUT2D eigenvalue weighted by molar-refractivity contribution is 1.64. The van der Waals surface area contributed by atoms with Gasteiger partial charge in [0.05, 0.1) is 0 Å². The summed E-state index contributed by atoms with van der Waals surface area (Å²) in [6.45, 7) is 0. The highest BCUT2D eigenvalue weighted by Crippen LogP contribution is 2.10. The maximum atomic E-state index is 5.61. The molecule has 2 aromatic rings. The molecule has 2 N–H and O–H groups in total. The highest BCUT2D eigenvalue weighted by molar-refractivity contribution is 5.85. The first-order valence-electron chi connectivity index (χ1n) is 4.93. The topological polar surface area (TPSA) is 26.0 Å². The Morgan fingerprint density at radius 1 is 0.688 bits per heavy atom. The summed E-state index contributed by atoms with van der Waals surface area (Å²) in [5.74, 6) is 0. The molecule has 2 rings (SSSR count). The van der Waals surface area contributed by atoms with Crippen LogP contribution in [-0.4, -0.2) is 0 Å². The van der Waals surface area contributed by atoms with Gasteiger partial charge in [-0.1, -0.05) is 54.6 Å². The van der Waals surface area contributed by atoms with Crippen LogP contribution in [0, 0.1) is 0 Å². The summed E-state index contributed by atoms with van der Waals surface area (Å²) in [7, 11) is 0. The van der Waals surface area contributed by atoms with E-state index < -0.39 is 0 Å². The van der Waals surface area contributed by atoms with Crippen LogP contribution in [0.3, 0.4) is 0 Å². The van der Waals surface area contributed by atoms with E-state index in [1.54, 1.807) is 0 Å². The van der Waals surface area contributed by atoms with Gasteiger partial charge in [-0.2, -0.15) is 0 Å². The molecule has 0 spiro atoms. The largest absolute Gasteiger partial charge is 0.399 e. The molecule has 16 heavy (non-hydrogen) atoms. The van der Waals surface area contributed by atoms with Crippen molar-refractivity contribution in [1.82, 2.24) is 0 Å². The van der Waals surface area contributed by atoms with Crippen molar-refractivity contribution in [2.75, 3.05) is 5.73 Å². The van der Waals surface area contributed by atoms with Crippen LogP contribution in [0.4, 0.5) is 5.69 Å². The van der Waals surface area contributed by atoms with Gasteiger partial charge >= 0.3 is 0 Å². The molecular weight excluding hydrogens is 218 g/mol. The van der Waals surface area contributed by atoms with Gasteiger partial charge in [-0.25, -0.2) is 0 Å². The summed E-state index contributed by atoms with van der Waals surface area (Å²) in [5.41, 5.74) is 8.77. The van der Waals surface area contributed by atoms with Crippen LogP contribution < -0.4 is 5.73 Å². The van der Waals surface area contributed by atoms with E-state index in [9.17, 15) is 0 Å². The van der Waals surface area contributed by atoms with E-state index in [2.05, 4.69) is 24.3 Å². The minimum Gasteiger partial charge on any atom is -0.399 e. The Labute approximate surface area is 102 Å². The number of hydrogen-bond acceptors (Lipinski definition) is 1. The van der Waals surface area contributed by atoms with E-state index in [4.69, 9.17) is 5.73 Å². The Hall–Kier alpha value is -1.73. The van der Waals surface area contributed by atoms with Crippen LogP contribution in [-0.2, 0) is 0 Å². The van der Waals surface area contributed by atoms with Crippen LogP contribution in [0.1, 0.15) is 11.1 Å². The van der Waals surface area contributed by atoms with Gasteiger partial charge in [-0.15, -0.1) is 12.4 Å². The van der Waals surface area contributed by atoms with Crippen molar-refractivity contribution in [1.29, 1.82) is 0 Å². The van der Waals surface area contributed by atoms with E-state index >= 15 is 0 Å². The minimum atomic E-state index is 0. The van der Waals surface area contributed by atoms with E-state index in [1.807, 2.05) is 42.5 Å². The van der Waals surface area contributed by atoms with Crippen LogP contribution >= 0.6 is 12.4 Å². The number of benzene rings is 2. The standard InChI is InChI=1S/C14H13N.ClH/c15-14-10-8-13(9-11-14)7-6-12-4-2-1-3-5-12;/h1-11H,15H2;1H. The molecule has 0 unspecified atom stereocenters. The van der Waals surface area contributed by atoms with Crippen molar-refractivity contribution in [3.05, 3.63) is 65.7 Å². The molecule has 1 nitrogen and oxygen atoms in total. The van der Waals surface area contributed by atoms with Gasteiger partial charge < -0.3 is 5.73 Å². The summed E-state index contributed by atoms with van der Waals surface area (Å²) in [6, 6.07) is 18.1. The lowest BCUT2D eigenvalue weighted by Crippen LogP contribution is -1.82. The second-order valence-electron chi connectivity index (χ2n) is 3.41. The third-order valence-electron chi connectivity index (χ3n) is 2.20. The van der Waals surface area contributed by atoms with Crippen molar-refractivity contribution in [2.24, 2.45) is 0 Å². The summed E-state index contributed by atoms with van der Waals surface area (Å²) >= 11 is 0. The third-order valence-corrected chi connectivity index (χ3v) is 2.20. The van der Waals surface area contributed by atoms with Gasteiger partial charge in [-0.3, -0.25) is 0 Å². The fourth-order valence-corrected chi connectivity index (χ4v) is 1.36. The van der Waals surface area contributed by atoms with Gasteiger partial charge in [0.1, 0.15) is 0 Å². The van der Waals surface area contributed by atoms with E-state index in [0.717, 1.165) is 11.3 Å². The number of halogens is 1. The maximum absolute atomic E-state index is 5.61. The molecule has 82 valence electrons. The quantitative estimate of drug-likeness (QED) is 0.617. The predicted octanol–water partition coefficient (Wildman–Crippen LogP) is 3.86. The summed E-state index contributed by atoms with van der Waals surface area (Å²) < 4.78 is 0. The Balaban J connectivity index is 0.00000128. The molecule has 0 aliphatic carbocycles. The molecule has 0 radical (unpaired) electrons.